The van der Waals surface area contributed by atoms with E-state index in [4.69, 9.17) is 4.74 Å². The van der Waals surface area contributed by atoms with Gasteiger partial charge in [-0.3, -0.25) is 0 Å². The summed E-state index contributed by atoms with van der Waals surface area (Å²) < 4.78 is 32.8. The lowest BCUT2D eigenvalue weighted by molar-refractivity contribution is 0.106. The Morgan fingerprint density at radius 1 is 1.21 bits per heavy atom. The van der Waals surface area contributed by atoms with Crippen LogP contribution in [0.4, 0.5) is 8.78 Å². The van der Waals surface area contributed by atoms with Gasteiger partial charge in [0.25, 0.3) is 0 Å². The van der Waals surface area contributed by atoms with Crippen LogP contribution in [0.3, 0.4) is 0 Å². The van der Waals surface area contributed by atoms with Crippen LogP contribution >= 0.6 is 0 Å². The fraction of sp³-hybridized carbons (Fsp3) is 0.600. The van der Waals surface area contributed by atoms with E-state index in [0.29, 0.717) is 6.42 Å². The minimum atomic E-state index is -0.487. The van der Waals surface area contributed by atoms with Crippen LogP contribution in [0.15, 0.2) is 18.2 Å². The van der Waals surface area contributed by atoms with Gasteiger partial charge in [-0.1, -0.05) is 13.0 Å². The normalized spacial score (nSPS) is 14.4. The lowest BCUT2D eigenvalue weighted by Gasteiger charge is -2.21. The molecule has 1 rings (SSSR count). The summed E-state index contributed by atoms with van der Waals surface area (Å²) in [7, 11) is 1.64. The minimum Gasteiger partial charge on any atom is -0.382 e. The zero-order chi connectivity index (χ0) is 14.3. The molecule has 0 aliphatic carbocycles. The molecule has 0 fully saturated rings. The lowest BCUT2D eigenvalue weighted by atomic mass is 9.99. The van der Waals surface area contributed by atoms with E-state index >= 15 is 0 Å². The molecule has 0 bridgehead atoms. The predicted octanol–water partition coefficient (Wildman–Crippen LogP) is 3.82. The Morgan fingerprint density at radius 3 is 2.37 bits per heavy atom. The quantitative estimate of drug-likeness (QED) is 0.776. The molecule has 0 radical (unpaired) electrons. The van der Waals surface area contributed by atoms with E-state index in [1.807, 2.05) is 13.8 Å². The molecule has 1 aromatic rings. The number of rotatable bonds is 8. The maximum atomic E-state index is 13.8. The molecule has 0 aliphatic heterocycles. The number of ether oxygens (including phenoxy) is 1. The Bertz CT molecular complexity index is 364. The molecule has 108 valence electrons. The molecule has 0 amide bonds. The summed E-state index contributed by atoms with van der Waals surface area (Å²) in [5.74, 6) is -0.975. The molecule has 19 heavy (non-hydrogen) atoms. The van der Waals surface area contributed by atoms with E-state index in [9.17, 15) is 8.78 Å². The second-order valence-electron chi connectivity index (χ2n) is 4.77. The molecule has 0 aromatic heterocycles. The zero-order valence-electron chi connectivity index (χ0n) is 11.9. The van der Waals surface area contributed by atoms with Gasteiger partial charge in [0.1, 0.15) is 11.6 Å². The third kappa shape index (κ3) is 4.88. The number of halogens is 2. The van der Waals surface area contributed by atoms with Crippen molar-refractivity contribution in [3.05, 3.63) is 35.4 Å². The van der Waals surface area contributed by atoms with Gasteiger partial charge in [0.2, 0.25) is 0 Å². The van der Waals surface area contributed by atoms with Crippen LogP contribution in [0, 0.1) is 11.6 Å². The van der Waals surface area contributed by atoms with Crippen LogP contribution in [0.5, 0.6) is 0 Å². The molecule has 0 spiro atoms. The van der Waals surface area contributed by atoms with Gasteiger partial charge in [-0.05, 0) is 44.9 Å². The van der Waals surface area contributed by atoms with Crippen molar-refractivity contribution in [2.45, 2.75) is 45.3 Å². The minimum absolute atomic E-state index is 0.0840. The molecule has 0 aliphatic rings. The maximum absolute atomic E-state index is 13.8. The van der Waals surface area contributed by atoms with Gasteiger partial charge >= 0.3 is 0 Å². The molecular formula is C15H23F2NO. The van der Waals surface area contributed by atoms with E-state index in [0.717, 1.165) is 19.4 Å². The van der Waals surface area contributed by atoms with Crippen LogP contribution in [-0.4, -0.2) is 19.8 Å². The van der Waals surface area contributed by atoms with Gasteiger partial charge in [-0.25, -0.2) is 8.78 Å². The monoisotopic (exact) mass is 271 g/mol. The summed E-state index contributed by atoms with van der Waals surface area (Å²) in [5.41, 5.74) is 0.138. The third-order valence-corrected chi connectivity index (χ3v) is 3.25. The van der Waals surface area contributed by atoms with Gasteiger partial charge < -0.3 is 10.1 Å². The van der Waals surface area contributed by atoms with Gasteiger partial charge in [0, 0.05) is 18.7 Å². The summed E-state index contributed by atoms with van der Waals surface area (Å²) in [6.45, 7) is 4.72. The first-order chi connectivity index (χ1) is 9.10. The summed E-state index contributed by atoms with van der Waals surface area (Å²) in [5, 5.41) is 3.21. The predicted molar refractivity (Wildman–Crippen MR) is 73.1 cm³/mol. The lowest BCUT2D eigenvalue weighted by Crippen LogP contribution is -2.25. The van der Waals surface area contributed by atoms with Crippen molar-refractivity contribution in [2.75, 3.05) is 13.7 Å². The van der Waals surface area contributed by atoms with Crippen molar-refractivity contribution in [1.82, 2.24) is 5.32 Å². The van der Waals surface area contributed by atoms with Crippen molar-refractivity contribution in [1.29, 1.82) is 0 Å². The zero-order valence-corrected chi connectivity index (χ0v) is 11.9. The van der Waals surface area contributed by atoms with Crippen LogP contribution < -0.4 is 5.32 Å². The summed E-state index contributed by atoms with van der Waals surface area (Å²) in [6, 6.07) is 3.69. The molecule has 4 heteroatoms. The molecule has 0 saturated carbocycles. The number of hydrogen-bond donors (Lipinski definition) is 1. The molecular weight excluding hydrogens is 248 g/mol. The van der Waals surface area contributed by atoms with E-state index < -0.39 is 11.6 Å². The summed E-state index contributed by atoms with van der Waals surface area (Å²) in [4.78, 5) is 0. The van der Waals surface area contributed by atoms with Crippen LogP contribution in [0.25, 0.3) is 0 Å². The first kappa shape index (κ1) is 16.1. The molecule has 2 unspecified atom stereocenters. The second-order valence-corrected chi connectivity index (χ2v) is 4.77. The highest BCUT2D eigenvalue weighted by Crippen LogP contribution is 2.25. The molecule has 1 N–H and O–H groups in total. The summed E-state index contributed by atoms with van der Waals surface area (Å²) >= 11 is 0. The largest absolute Gasteiger partial charge is 0.382 e. The highest BCUT2D eigenvalue weighted by molar-refractivity contribution is 5.23. The van der Waals surface area contributed by atoms with Crippen molar-refractivity contribution >= 4 is 0 Å². The van der Waals surface area contributed by atoms with Gasteiger partial charge in [-0.15, -0.1) is 0 Å². The number of benzene rings is 1. The Labute approximate surface area is 114 Å². The van der Waals surface area contributed by atoms with E-state index in [2.05, 4.69) is 5.32 Å². The van der Waals surface area contributed by atoms with Crippen molar-refractivity contribution in [3.8, 4) is 0 Å². The second kappa shape index (κ2) is 8.23. The molecule has 2 nitrogen and oxygen atoms in total. The van der Waals surface area contributed by atoms with E-state index in [1.54, 1.807) is 7.11 Å². The van der Waals surface area contributed by atoms with Crippen molar-refractivity contribution in [2.24, 2.45) is 0 Å². The first-order valence-electron chi connectivity index (χ1n) is 6.80. The van der Waals surface area contributed by atoms with Crippen LogP contribution in [0.2, 0.25) is 0 Å². The van der Waals surface area contributed by atoms with Crippen LogP contribution in [-0.2, 0) is 4.74 Å². The molecule has 0 saturated heterocycles. The molecule has 1 aromatic carbocycles. The fourth-order valence-corrected chi connectivity index (χ4v) is 2.03. The number of nitrogens with one attached hydrogen (secondary N) is 1. The smallest absolute Gasteiger partial charge is 0.130 e. The number of methoxy groups -OCH3 is 1. The average molecular weight is 271 g/mol. The molecule has 0 heterocycles. The van der Waals surface area contributed by atoms with E-state index in [1.165, 1.54) is 18.2 Å². The topological polar surface area (TPSA) is 21.3 Å². The highest BCUT2D eigenvalue weighted by Gasteiger charge is 2.20. The Kier molecular flexibility index (Phi) is 6.95. The Morgan fingerprint density at radius 2 is 1.84 bits per heavy atom. The van der Waals surface area contributed by atoms with Crippen molar-refractivity contribution in [3.63, 3.8) is 0 Å². The molecule has 2 atom stereocenters. The van der Waals surface area contributed by atoms with E-state index in [-0.39, 0.29) is 17.7 Å². The third-order valence-electron chi connectivity index (χ3n) is 3.25. The first-order valence-corrected chi connectivity index (χ1v) is 6.80. The summed E-state index contributed by atoms with van der Waals surface area (Å²) in [6.07, 6.45) is 2.41. The fourth-order valence-electron chi connectivity index (χ4n) is 2.03. The Hall–Kier alpha value is -1.00. The van der Waals surface area contributed by atoms with Crippen molar-refractivity contribution < 1.29 is 13.5 Å². The maximum Gasteiger partial charge on any atom is 0.130 e. The standard InChI is InChI=1S/C15H23F2NO/c1-4-10-18-14(9-8-11(2)19-3)15-12(16)6-5-7-13(15)17/h5-7,11,14,18H,4,8-10H2,1-3H3. The van der Waals surface area contributed by atoms with Crippen LogP contribution in [0.1, 0.15) is 44.7 Å². The number of hydrogen-bond acceptors (Lipinski definition) is 2. The van der Waals surface area contributed by atoms with Gasteiger partial charge in [-0.2, -0.15) is 0 Å². The Balaban J connectivity index is 2.83. The SMILES string of the molecule is CCCNC(CCC(C)OC)c1c(F)cccc1F. The van der Waals surface area contributed by atoms with Gasteiger partial charge in [0.05, 0.1) is 6.10 Å². The average Bonchev–Trinajstić information content (AvgIpc) is 2.40. The van der Waals surface area contributed by atoms with Gasteiger partial charge in [0.15, 0.2) is 0 Å². The highest BCUT2D eigenvalue weighted by atomic mass is 19.1.